The molecule has 0 aliphatic carbocycles. The van der Waals surface area contributed by atoms with Crippen LogP contribution < -0.4 is 5.73 Å². The second-order valence-corrected chi connectivity index (χ2v) is 4.90. The summed E-state index contributed by atoms with van der Waals surface area (Å²) >= 11 is 6.05. The van der Waals surface area contributed by atoms with Gasteiger partial charge < -0.3 is 10.2 Å². The minimum absolute atomic E-state index is 0.368. The van der Waals surface area contributed by atoms with Crippen LogP contribution in [0.15, 0.2) is 46.9 Å². The molecule has 0 fully saturated rings. The lowest BCUT2D eigenvalue weighted by molar-refractivity contribution is 0.585. The van der Waals surface area contributed by atoms with E-state index in [0.29, 0.717) is 28.1 Å². The summed E-state index contributed by atoms with van der Waals surface area (Å²) in [5, 5.41) is 8.69. The minimum Gasteiger partial charge on any atom is -0.416 e. The molecule has 0 spiro atoms. The average molecular weight is 286 g/mol. The van der Waals surface area contributed by atoms with E-state index in [-0.39, 0.29) is 0 Å². The molecular weight excluding hydrogens is 274 g/mol. The first kappa shape index (κ1) is 12.7. The van der Waals surface area contributed by atoms with Gasteiger partial charge in [-0.05, 0) is 36.8 Å². The maximum absolute atomic E-state index is 6.05. The Bertz CT molecular complexity index is 753. The van der Waals surface area contributed by atoms with Gasteiger partial charge in [0.1, 0.15) is 0 Å². The molecule has 3 rings (SSSR count). The van der Waals surface area contributed by atoms with Crippen molar-refractivity contribution in [3.8, 4) is 22.9 Å². The standard InChI is InChI=1S/C15H12ClN3O/c1-9-7-11(16)8-12(13(9)17)15-19-18-14(20-15)10-5-3-2-4-6-10/h2-8H,17H2,1H3. The van der Waals surface area contributed by atoms with Crippen molar-refractivity contribution in [1.82, 2.24) is 10.2 Å². The molecule has 3 aromatic rings. The van der Waals surface area contributed by atoms with Crippen LogP contribution in [0.4, 0.5) is 5.69 Å². The lowest BCUT2D eigenvalue weighted by Crippen LogP contribution is -1.94. The van der Waals surface area contributed by atoms with Gasteiger partial charge in [-0.25, -0.2) is 0 Å². The van der Waals surface area contributed by atoms with Crippen LogP contribution in [-0.4, -0.2) is 10.2 Å². The number of aryl methyl sites for hydroxylation is 1. The number of benzene rings is 2. The third kappa shape index (κ3) is 2.26. The molecule has 2 aromatic carbocycles. The highest BCUT2D eigenvalue weighted by Crippen LogP contribution is 2.32. The topological polar surface area (TPSA) is 64.9 Å². The number of hydrogen-bond acceptors (Lipinski definition) is 4. The van der Waals surface area contributed by atoms with Crippen LogP contribution in [0.5, 0.6) is 0 Å². The van der Waals surface area contributed by atoms with Crippen LogP contribution in [0.25, 0.3) is 22.9 Å². The Kier molecular flexibility index (Phi) is 3.16. The number of rotatable bonds is 2. The zero-order valence-electron chi connectivity index (χ0n) is 10.8. The molecule has 1 heterocycles. The molecule has 0 saturated heterocycles. The lowest BCUT2D eigenvalue weighted by atomic mass is 10.1. The molecule has 4 nitrogen and oxygen atoms in total. The van der Waals surface area contributed by atoms with Crippen LogP contribution in [-0.2, 0) is 0 Å². The first-order valence-electron chi connectivity index (χ1n) is 6.10. The summed E-state index contributed by atoms with van der Waals surface area (Å²) < 4.78 is 5.69. The normalized spacial score (nSPS) is 10.7. The Labute approximate surface area is 121 Å². The largest absolute Gasteiger partial charge is 0.416 e. The van der Waals surface area contributed by atoms with Crippen LogP contribution in [0, 0.1) is 6.92 Å². The molecule has 100 valence electrons. The lowest BCUT2D eigenvalue weighted by Gasteiger charge is -2.05. The summed E-state index contributed by atoms with van der Waals surface area (Å²) in [6.07, 6.45) is 0. The van der Waals surface area contributed by atoms with Crippen molar-refractivity contribution in [2.24, 2.45) is 0 Å². The summed E-state index contributed by atoms with van der Waals surface area (Å²) in [4.78, 5) is 0. The van der Waals surface area contributed by atoms with E-state index in [1.165, 1.54) is 0 Å². The van der Waals surface area contributed by atoms with E-state index in [4.69, 9.17) is 21.8 Å². The molecule has 0 radical (unpaired) electrons. The van der Waals surface area contributed by atoms with E-state index in [1.54, 1.807) is 12.1 Å². The van der Waals surface area contributed by atoms with Crippen molar-refractivity contribution in [3.05, 3.63) is 53.1 Å². The first-order valence-corrected chi connectivity index (χ1v) is 6.48. The van der Waals surface area contributed by atoms with Gasteiger partial charge in [-0.3, -0.25) is 0 Å². The van der Waals surface area contributed by atoms with Gasteiger partial charge in [0.2, 0.25) is 11.8 Å². The molecule has 1 aromatic heterocycles. The van der Waals surface area contributed by atoms with Gasteiger partial charge in [-0.2, -0.15) is 0 Å². The van der Waals surface area contributed by atoms with E-state index in [1.807, 2.05) is 37.3 Å². The maximum atomic E-state index is 6.05. The third-order valence-electron chi connectivity index (χ3n) is 3.03. The Balaban J connectivity index is 2.07. The fraction of sp³-hybridized carbons (Fsp3) is 0.0667. The fourth-order valence-electron chi connectivity index (χ4n) is 1.96. The van der Waals surface area contributed by atoms with Crippen molar-refractivity contribution >= 4 is 17.3 Å². The van der Waals surface area contributed by atoms with Crippen molar-refractivity contribution in [2.75, 3.05) is 5.73 Å². The van der Waals surface area contributed by atoms with Crippen molar-refractivity contribution in [1.29, 1.82) is 0 Å². The van der Waals surface area contributed by atoms with Gasteiger partial charge in [-0.1, -0.05) is 29.8 Å². The molecule has 0 aliphatic rings. The first-order chi connectivity index (χ1) is 9.65. The number of anilines is 1. The molecule has 0 atom stereocenters. The highest BCUT2D eigenvalue weighted by Gasteiger charge is 2.14. The molecule has 0 amide bonds. The molecule has 20 heavy (non-hydrogen) atoms. The summed E-state index contributed by atoms with van der Waals surface area (Å²) in [5.41, 5.74) is 9.04. The number of halogens is 1. The molecule has 0 saturated carbocycles. The van der Waals surface area contributed by atoms with E-state index in [2.05, 4.69) is 10.2 Å². The maximum Gasteiger partial charge on any atom is 0.250 e. The highest BCUT2D eigenvalue weighted by molar-refractivity contribution is 6.31. The number of aromatic nitrogens is 2. The number of nitrogens with two attached hydrogens (primary N) is 1. The van der Waals surface area contributed by atoms with Crippen LogP contribution in [0.1, 0.15) is 5.56 Å². The third-order valence-corrected chi connectivity index (χ3v) is 3.25. The molecule has 5 heteroatoms. The quantitative estimate of drug-likeness (QED) is 0.724. The molecule has 2 N–H and O–H groups in total. The summed E-state index contributed by atoms with van der Waals surface area (Å²) in [7, 11) is 0. The zero-order chi connectivity index (χ0) is 14.1. The fourth-order valence-corrected chi connectivity index (χ4v) is 2.23. The predicted octanol–water partition coefficient (Wildman–Crippen LogP) is 3.95. The summed E-state index contributed by atoms with van der Waals surface area (Å²) in [6, 6.07) is 13.1. The van der Waals surface area contributed by atoms with Crippen LogP contribution in [0.3, 0.4) is 0 Å². The van der Waals surface area contributed by atoms with Crippen LogP contribution in [0.2, 0.25) is 5.02 Å². The molecule has 0 aliphatic heterocycles. The van der Waals surface area contributed by atoms with E-state index in [9.17, 15) is 0 Å². The smallest absolute Gasteiger partial charge is 0.250 e. The van der Waals surface area contributed by atoms with Gasteiger partial charge in [0, 0.05) is 16.3 Å². The highest BCUT2D eigenvalue weighted by atomic mass is 35.5. The number of nitrogen functional groups attached to an aromatic ring is 1. The molecule has 0 unspecified atom stereocenters. The average Bonchev–Trinajstić information content (AvgIpc) is 2.93. The molecular formula is C15H12ClN3O. The Morgan fingerprint density at radius 1 is 1.05 bits per heavy atom. The van der Waals surface area contributed by atoms with E-state index < -0.39 is 0 Å². The predicted molar refractivity (Wildman–Crippen MR) is 79.3 cm³/mol. The number of nitrogens with zero attached hydrogens (tertiary/aromatic N) is 2. The van der Waals surface area contributed by atoms with E-state index >= 15 is 0 Å². The van der Waals surface area contributed by atoms with Gasteiger partial charge >= 0.3 is 0 Å². The Hall–Kier alpha value is -2.33. The van der Waals surface area contributed by atoms with Crippen molar-refractivity contribution < 1.29 is 4.42 Å². The zero-order valence-corrected chi connectivity index (χ0v) is 11.6. The second kappa shape index (κ2) is 4.98. The van der Waals surface area contributed by atoms with Crippen molar-refractivity contribution in [3.63, 3.8) is 0 Å². The minimum atomic E-state index is 0.368. The van der Waals surface area contributed by atoms with Gasteiger partial charge in [0.05, 0.1) is 5.56 Å². The molecule has 0 bridgehead atoms. The number of hydrogen-bond donors (Lipinski definition) is 1. The monoisotopic (exact) mass is 285 g/mol. The van der Waals surface area contributed by atoms with Gasteiger partial charge in [0.15, 0.2) is 0 Å². The van der Waals surface area contributed by atoms with E-state index in [0.717, 1.165) is 11.1 Å². The summed E-state index contributed by atoms with van der Waals surface area (Å²) in [6.45, 7) is 1.89. The SMILES string of the molecule is Cc1cc(Cl)cc(-c2nnc(-c3ccccc3)o2)c1N. The Morgan fingerprint density at radius 3 is 2.50 bits per heavy atom. The van der Waals surface area contributed by atoms with Gasteiger partial charge in [-0.15, -0.1) is 10.2 Å². The van der Waals surface area contributed by atoms with Crippen LogP contribution >= 0.6 is 11.6 Å². The second-order valence-electron chi connectivity index (χ2n) is 4.46. The Morgan fingerprint density at radius 2 is 1.75 bits per heavy atom. The van der Waals surface area contributed by atoms with Gasteiger partial charge in [0.25, 0.3) is 0 Å². The van der Waals surface area contributed by atoms with Crippen molar-refractivity contribution in [2.45, 2.75) is 6.92 Å². The summed E-state index contributed by atoms with van der Waals surface area (Å²) in [5.74, 6) is 0.824.